The number of likely N-dealkylation sites (N-methyl/N-ethyl adjacent to an activating group) is 1. The van der Waals surface area contributed by atoms with E-state index < -0.39 is 6.04 Å². The predicted octanol–water partition coefficient (Wildman–Crippen LogP) is 4.86. The maximum Gasteiger partial charge on any atom is 0.207 e. The number of rotatable bonds is 14. The molecule has 1 amide bonds. The lowest BCUT2D eigenvalue weighted by molar-refractivity contribution is -0.115. The maximum absolute atomic E-state index is 10.6. The fourth-order valence-electron chi connectivity index (χ4n) is 3.52. The molecule has 1 aliphatic carbocycles. The topological polar surface area (TPSA) is 162 Å². The van der Waals surface area contributed by atoms with E-state index >= 15 is 0 Å². The lowest BCUT2D eigenvalue weighted by atomic mass is 10.00. The summed E-state index contributed by atoms with van der Waals surface area (Å²) in [6.45, 7) is 11.0. The molecule has 43 heavy (non-hydrogen) atoms. The van der Waals surface area contributed by atoms with Crippen LogP contribution >= 0.6 is 0 Å². The zero-order valence-electron chi connectivity index (χ0n) is 27.4. The number of aliphatic hydroxyl groups excluding tert-OH is 1. The first-order valence-corrected chi connectivity index (χ1v) is 15.0. The van der Waals surface area contributed by atoms with E-state index in [9.17, 15) is 14.4 Å². The van der Waals surface area contributed by atoms with Gasteiger partial charge in [0.1, 0.15) is 19.4 Å². The van der Waals surface area contributed by atoms with Crippen molar-refractivity contribution in [1.29, 1.82) is 5.26 Å². The van der Waals surface area contributed by atoms with Crippen molar-refractivity contribution in [3.63, 3.8) is 0 Å². The van der Waals surface area contributed by atoms with Crippen molar-refractivity contribution in [3.8, 4) is 6.07 Å². The molecule has 0 fully saturated rings. The van der Waals surface area contributed by atoms with E-state index in [-0.39, 0.29) is 12.6 Å². The number of aliphatic hydroxyl groups is 1. The molecule has 0 saturated carbocycles. The summed E-state index contributed by atoms with van der Waals surface area (Å²) in [5.74, 6) is 0.968. The van der Waals surface area contributed by atoms with Gasteiger partial charge in [0.05, 0.1) is 23.7 Å². The Balaban J connectivity index is -0.000000238. The number of carbonyl (C=O) groups excluding carboxylic acids is 4. The summed E-state index contributed by atoms with van der Waals surface area (Å²) in [6, 6.07) is 8.46. The van der Waals surface area contributed by atoms with Crippen molar-refractivity contribution in [2.24, 2.45) is 11.7 Å². The highest BCUT2D eigenvalue weighted by Gasteiger charge is 2.09. The molecule has 3 atom stereocenters. The van der Waals surface area contributed by atoms with E-state index in [1.807, 2.05) is 12.9 Å². The predicted molar refractivity (Wildman–Crippen MR) is 177 cm³/mol. The minimum atomic E-state index is -0.572. The van der Waals surface area contributed by atoms with Crippen LogP contribution in [0.2, 0.25) is 0 Å². The molecule has 0 saturated heterocycles. The summed E-state index contributed by atoms with van der Waals surface area (Å²) in [6.07, 6.45) is 18.9. The Hall–Kier alpha value is -3.45. The number of benzene rings is 1. The standard InChI is InChI=1S/C11H10N2O2.C9H20.C8H12O.C4H9NO.CH5N.CH2O/c12-6-10-4-2-1-3-9(10)5-11(7-14)13-8-15;1-4-6-8-9(3)7-5-2;9-7-6-8-4-2-1-3-5-8;1-4(3-6)5-2;2*1-2/h1-4,7-8,11H,5H2,(H,13,15);9H,4-8H2,1-3H3;2,4-5,9H,1,3,6-7H2;3-5H,1-2H3;2H2,1H3;1H2. The normalized spacial score (nSPS) is 12.6. The second kappa shape index (κ2) is 38.5. The molecule has 2 rings (SSSR count). The lowest BCUT2D eigenvalue weighted by Crippen LogP contribution is -2.31. The van der Waals surface area contributed by atoms with Crippen LogP contribution in [0.5, 0.6) is 0 Å². The third kappa shape index (κ3) is 31.3. The van der Waals surface area contributed by atoms with Crippen molar-refractivity contribution in [2.45, 2.75) is 97.6 Å². The highest BCUT2D eigenvalue weighted by molar-refractivity contribution is 5.64. The summed E-state index contributed by atoms with van der Waals surface area (Å²) < 4.78 is 0. The smallest absolute Gasteiger partial charge is 0.207 e. The molecule has 0 bridgehead atoms. The number of amides is 1. The van der Waals surface area contributed by atoms with Gasteiger partial charge in [0.15, 0.2) is 0 Å². The van der Waals surface area contributed by atoms with E-state index in [0.29, 0.717) is 24.7 Å². The molecule has 1 aromatic carbocycles. The van der Waals surface area contributed by atoms with Crippen LogP contribution in [0.1, 0.15) is 90.2 Å². The molecule has 0 heterocycles. The molecule has 1 aliphatic rings. The summed E-state index contributed by atoms with van der Waals surface area (Å²) in [4.78, 5) is 38.5. The van der Waals surface area contributed by atoms with Gasteiger partial charge in [0.2, 0.25) is 6.41 Å². The summed E-state index contributed by atoms with van der Waals surface area (Å²) in [7, 11) is 3.25. The zero-order chi connectivity index (χ0) is 33.7. The van der Waals surface area contributed by atoms with Gasteiger partial charge in [0, 0.05) is 13.0 Å². The number of nitrogens with zero attached hydrogens (tertiary/aromatic N) is 1. The molecule has 3 unspecified atom stereocenters. The van der Waals surface area contributed by atoms with Gasteiger partial charge in [0.25, 0.3) is 0 Å². The highest BCUT2D eigenvalue weighted by atomic mass is 16.3. The van der Waals surface area contributed by atoms with E-state index in [0.717, 1.165) is 37.0 Å². The summed E-state index contributed by atoms with van der Waals surface area (Å²) in [5, 5.41) is 22.5. The number of nitriles is 1. The average molecular weight is 603 g/mol. The van der Waals surface area contributed by atoms with Gasteiger partial charge in [-0.1, -0.05) is 94.9 Å². The van der Waals surface area contributed by atoms with E-state index in [2.05, 4.69) is 55.4 Å². The van der Waals surface area contributed by atoms with Crippen LogP contribution in [-0.2, 0) is 25.6 Å². The van der Waals surface area contributed by atoms with E-state index in [1.165, 1.54) is 44.7 Å². The third-order valence-electron chi connectivity index (χ3n) is 5.99. The van der Waals surface area contributed by atoms with Crippen LogP contribution in [0.4, 0.5) is 0 Å². The molecule has 0 spiro atoms. The highest BCUT2D eigenvalue weighted by Crippen LogP contribution is 2.13. The molecule has 1 aromatic rings. The summed E-state index contributed by atoms with van der Waals surface area (Å²) >= 11 is 0. The van der Waals surface area contributed by atoms with Crippen molar-refractivity contribution in [1.82, 2.24) is 10.6 Å². The Labute approximate surface area is 261 Å². The van der Waals surface area contributed by atoms with Crippen molar-refractivity contribution < 1.29 is 24.3 Å². The average Bonchev–Trinajstić information content (AvgIpc) is 3.07. The monoisotopic (exact) mass is 602 g/mol. The Morgan fingerprint density at radius 2 is 1.70 bits per heavy atom. The van der Waals surface area contributed by atoms with Crippen molar-refractivity contribution >= 4 is 25.8 Å². The number of hydrogen-bond donors (Lipinski definition) is 4. The number of carbonyl (C=O) groups is 4. The number of nitrogens with two attached hydrogens (primary N) is 1. The van der Waals surface area contributed by atoms with Crippen LogP contribution in [-0.4, -0.2) is 63.7 Å². The Kier molecular flexibility index (Phi) is 41.7. The first kappa shape index (κ1) is 46.5. The first-order chi connectivity index (χ1) is 20.9. The lowest BCUT2D eigenvalue weighted by Gasteiger charge is -2.09. The van der Waals surface area contributed by atoms with Crippen LogP contribution in [0.25, 0.3) is 0 Å². The quantitative estimate of drug-likeness (QED) is 0.220. The van der Waals surface area contributed by atoms with E-state index in [4.69, 9.17) is 15.2 Å². The second-order valence-corrected chi connectivity index (χ2v) is 9.48. The molecular formula is C34H58N4O5. The Morgan fingerprint density at radius 1 is 1.05 bits per heavy atom. The zero-order valence-corrected chi connectivity index (χ0v) is 27.4. The fraction of sp³-hybridized carbons (Fsp3) is 0.559. The Bertz CT molecular complexity index is 884. The third-order valence-corrected chi connectivity index (χ3v) is 5.99. The first-order valence-electron chi connectivity index (χ1n) is 15.0. The maximum atomic E-state index is 10.6. The molecule has 0 aliphatic heterocycles. The number of unbranched alkanes of at least 4 members (excludes halogenated alkanes) is 1. The van der Waals surface area contributed by atoms with Gasteiger partial charge in [-0.15, -0.1) is 0 Å². The number of hydrogen-bond acceptors (Lipinski definition) is 8. The molecule has 0 radical (unpaired) electrons. The van der Waals surface area contributed by atoms with Crippen LogP contribution < -0.4 is 16.4 Å². The molecule has 5 N–H and O–H groups in total. The number of nitrogens with one attached hydrogen (secondary N) is 2. The van der Waals surface area contributed by atoms with Crippen LogP contribution in [0.15, 0.2) is 48.1 Å². The number of allylic oxidation sites excluding steroid dienone is 3. The van der Waals surface area contributed by atoms with Gasteiger partial charge in [-0.2, -0.15) is 5.26 Å². The van der Waals surface area contributed by atoms with Crippen molar-refractivity contribution in [2.75, 3.05) is 20.7 Å². The number of aldehydes is 2. The molecular weight excluding hydrogens is 544 g/mol. The molecule has 9 heteroatoms. The minimum Gasteiger partial charge on any atom is -0.396 e. The molecule has 0 aromatic heterocycles. The summed E-state index contributed by atoms with van der Waals surface area (Å²) in [5.41, 5.74) is 7.06. The van der Waals surface area contributed by atoms with Gasteiger partial charge in [-0.25, -0.2) is 0 Å². The fourth-order valence-corrected chi connectivity index (χ4v) is 3.52. The largest absolute Gasteiger partial charge is 0.396 e. The van der Waals surface area contributed by atoms with Crippen LogP contribution in [0.3, 0.4) is 0 Å². The van der Waals surface area contributed by atoms with Gasteiger partial charge >= 0.3 is 0 Å². The van der Waals surface area contributed by atoms with E-state index in [1.54, 1.807) is 38.2 Å². The van der Waals surface area contributed by atoms with Crippen molar-refractivity contribution in [3.05, 3.63) is 59.2 Å². The minimum absolute atomic E-state index is 0.00463. The SMILES string of the molecule is C=O.CCCCC(C)CCC.CN.CNC(C)C=O.N#Cc1ccccc1CC(C=O)NC=O.OCCC1=CCCC=C1. The second-order valence-electron chi connectivity index (χ2n) is 9.48. The van der Waals surface area contributed by atoms with Gasteiger partial charge in [-0.3, -0.25) is 4.79 Å². The van der Waals surface area contributed by atoms with Crippen LogP contribution in [0, 0.1) is 17.2 Å². The van der Waals surface area contributed by atoms with Gasteiger partial charge < -0.3 is 35.9 Å². The molecule has 244 valence electrons. The van der Waals surface area contributed by atoms with Gasteiger partial charge in [-0.05, 0) is 57.8 Å². The Morgan fingerprint density at radius 3 is 2.12 bits per heavy atom. The molecule has 9 nitrogen and oxygen atoms in total.